The van der Waals surface area contributed by atoms with Gasteiger partial charge in [0, 0.05) is 36.0 Å². The van der Waals surface area contributed by atoms with Crippen molar-refractivity contribution in [2.45, 2.75) is 20.3 Å². The number of rotatable bonds is 4. The van der Waals surface area contributed by atoms with Crippen molar-refractivity contribution in [2.75, 3.05) is 0 Å². The maximum Gasteiger partial charge on any atom is 0.331 e. The molecule has 0 saturated carbocycles. The molecule has 0 amide bonds. The summed E-state index contributed by atoms with van der Waals surface area (Å²) in [5, 5.41) is 14.8. The van der Waals surface area contributed by atoms with Crippen LogP contribution in [0.15, 0.2) is 36.3 Å². The Morgan fingerprint density at radius 3 is 2.87 bits per heavy atom. The minimum absolute atomic E-state index is 0.358. The van der Waals surface area contributed by atoms with E-state index in [0.717, 1.165) is 28.0 Å². The molecule has 0 aliphatic heterocycles. The van der Waals surface area contributed by atoms with E-state index in [0.29, 0.717) is 12.0 Å². The lowest BCUT2D eigenvalue weighted by atomic mass is 10.1. The highest BCUT2D eigenvalue weighted by Crippen LogP contribution is 2.26. The lowest BCUT2D eigenvalue weighted by Crippen LogP contribution is -2.04. The number of pyridine rings is 1. The summed E-state index contributed by atoms with van der Waals surface area (Å²) in [6.07, 6.45) is 7.66. The molecule has 1 N–H and O–H groups in total. The van der Waals surface area contributed by atoms with E-state index in [2.05, 4.69) is 10.1 Å². The van der Waals surface area contributed by atoms with Gasteiger partial charge in [-0.3, -0.25) is 14.2 Å². The maximum absolute atomic E-state index is 11.4. The SMILES string of the molecule is CCC(=Cc1c(C)nn(C)c1-n1ccc2ccncc21)C(=O)O. The van der Waals surface area contributed by atoms with E-state index in [4.69, 9.17) is 0 Å². The molecule has 0 aliphatic carbocycles. The van der Waals surface area contributed by atoms with Crippen molar-refractivity contribution in [2.24, 2.45) is 7.05 Å². The van der Waals surface area contributed by atoms with Crippen LogP contribution in [0.5, 0.6) is 0 Å². The van der Waals surface area contributed by atoms with E-state index >= 15 is 0 Å². The Morgan fingerprint density at radius 1 is 1.39 bits per heavy atom. The summed E-state index contributed by atoms with van der Waals surface area (Å²) in [4.78, 5) is 15.5. The quantitative estimate of drug-likeness (QED) is 0.752. The summed E-state index contributed by atoms with van der Waals surface area (Å²) in [6.45, 7) is 3.72. The molecule has 3 aromatic heterocycles. The molecule has 23 heavy (non-hydrogen) atoms. The Labute approximate surface area is 133 Å². The standard InChI is InChI=1S/C17H18N4O2/c1-4-12(17(22)23)9-14-11(2)19-20(3)16(14)21-8-6-13-5-7-18-10-15(13)21/h5-10H,4H2,1-3H3,(H,22,23). The Bertz CT molecular complexity index is 918. The zero-order valence-electron chi connectivity index (χ0n) is 13.3. The number of hydrogen-bond donors (Lipinski definition) is 1. The fourth-order valence-electron chi connectivity index (χ4n) is 2.77. The normalized spacial score (nSPS) is 12.0. The number of nitrogens with zero attached hydrogens (tertiary/aromatic N) is 4. The molecule has 0 fully saturated rings. The molecule has 0 unspecified atom stereocenters. The molecule has 0 aromatic carbocycles. The molecule has 0 radical (unpaired) electrons. The van der Waals surface area contributed by atoms with Gasteiger partial charge in [0.25, 0.3) is 0 Å². The first kappa shape index (κ1) is 15.0. The van der Waals surface area contributed by atoms with Gasteiger partial charge in [-0.15, -0.1) is 0 Å². The number of aryl methyl sites for hydroxylation is 2. The lowest BCUT2D eigenvalue weighted by molar-refractivity contribution is -0.132. The van der Waals surface area contributed by atoms with Crippen LogP contribution in [0.2, 0.25) is 0 Å². The third-order valence-corrected chi connectivity index (χ3v) is 3.94. The molecule has 118 valence electrons. The van der Waals surface area contributed by atoms with Gasteiger partial charge in [-0.05, 0) is 31.6 Å². The van der Waals surface area contributed by atoms with Crippen molar-refractivity contribution >= 4 is 22.9 Å². The van der Waals surface area contributed by atoms with Gasteiger partial charge >= 0.3 is 5.97 Å². The average molecular weight is 310 g/mol. The molecule has 3 heterocycles. The molecule has 6 heteroatoms. The van der Waals surface area contributed by atoms with Gasteiger partial charge in [-0.25, -0.2) is 4.79 Å². The van der Waals surface area contributed by atoms with E-state index in [1.807, 2.05) is 43.8 Å². The summed E-state index contributed by atoms with van der Waals surface area (Å²) in [5.41, 5.74) is 2.92. The van der Waals surface area contributed by atoms with E-state index in [9.17, 15) is 9.90 Å². The predicted molar refractivity (Wildman–Crippen MR) is 88.5 cm³/mol. The van der Waals surface area contributed by atoms with Crippen molar-refractivity contribution in [1.29, 1.82) is 0 Å². The van der Waals surface area contributed by atoms with Crippen LogP contribution in [0, 0.1) is 6.92 Å². The lowest BCUT2D eigenvalue weighted by Gasteiger charge is -2.08. The highest BCUT2D eigenvalue weighted by atomic mass is 16.4. The van der Waals surface area contributed by atoms with E-state index < -0.39 is 5.97 Å². The average Bonchev–Trinajstić information content (AvgIpc) is 3.05. The van der Waals surface area contributed by atoms with Crippen LogP contribution >= 0.6 is 0 Å². The number of aliphatic carboxylic acids is 1. The largest absolute Gasteiger partial charge is 0.478 e. The van der Waals surface area contributed by atoms with Gasteiger partial charge in [0.15, 0.2) is 0 Å². The van der Waals surface area contributed by atoms with Gasteiger partial charge in [-0.1, -0.05) is 6.92 Å². The highest BCUT2D eigenvalue weighted by Gasteiger charge is 2.17. The number of carbonyl (C=O) groups is 1. The molecule has 3 rings (SSSR count). The van der Waals surface area contributed by atoms with Gasteiger partial charge < -0.3 is 5.11 Å². The van der Waals surface area contributed by atoms with E-state index in [-0.39, 0.29) is 0 Å². The maximum atomic E-state index is 11.4. The number of hydrogen-bond acceptors (Lipinski definition) is 3. The Hall–Kier alpha value is -2.89. The van der Waals surface area contributed by atoms with Gasteiger partial charge in [0.2, 0.25) is 0 Å². The summed E-state index contributed by atoms with van der Waals surface area (Å²) in [7, 11) is 1.86. The fraction of sp³-hybridized carbons (Fsp3) is 0.235. The van der Waals surface area contributed by atoms with Crippen LogP contribution in [0.1, 0.15) is 24.6 Å². The van der Waals surface area contributed by atoms with Crippen molar-refractivity contribution < 1.29 is 9.90 Å². The van der Waals surface area contributed by atoms with Crippen molar-refractivity contribution in [3.05, 3.63) is 47.6 Å². The summed E-state index contributed by atoms with van der Waals surface area (Å²) >= 11 is 0. The van der Waals surface area contributed by atoms with Gasteiger partial charge in [0.1, 0.15) is 5.82 Å². The summed E-state index contributed by atoms with van der Waals surface area (Å²) in [5.74, 6) is -0.0709. The smallest absolute Gasteiger partial charge is 0.331 e. The van der Waals surface area contributed by atoms with Crippen LogP contribution in [0.3, 0.4) is 0 Å². The van der Waals surface area contributed by atoms with Crippen LogP contribution in [0.4, 0.5) is 0 Å². The Balaban J connectivity index is 2.27. The van der Waals surface area contributed by atoms with Gasteiger partial charge in [0.05, 0.1) is 17.4 Å². The summed E-state index contributed by atoms with van der Waals surface area (Å²) < 4.78 is 3.76. The van der Waals surface area contributed by atoms with Crippen LogP contribution in [0.25, 0.3) is 22.8 Å². The third-order valence-electron chi connectivity index (χ3n) is 3.94. The first-order chi connectivity index (χ1) is 11.0. The van der Waals surface area contributed by atoms with Crippen molar-refractivity contribution in [3.63, 3.8) is 0 Å². The second kappa shape index (κ2) is 5.72. The van der Waals surface area contributed by atoms with Crippen LogP contribution in [-0.2, 0) is 11.8 Å². The zero-order valence-corrected chi connectivity index (χ0v) is 13.3. The molecular formula is C17H18N4O2. The van der Waals surface area contributed by atoms with Gasteiger partial charge in [-0.2, -0.15) is 5.10 Å². The first-order valence-electron chi connectivity index (χ1n) is 7.41. The van der Waals surface area contributed by atoms with Crippen molar-refractivity contribution in [3.8, 4) is 5.82 Å². The molecule has 0 saturated heterocycles. The predicted octanol–water partition coefficient (Wildman–Crippen LogP) is 2.95. The molecule has 3 aromatic rings. The Morgan fingerprint density at radius 2 is 2.17 bits per heavy atom. The minimum atomic E-state index is -0.902. The molecule has 0 aliphatic rings. The first-order valence-corrected chi connectivity index (χ1v) is 7.41. The minimum Gasteiger partial charge on any atom is -0.478 e. The molecule has 0 bridgehead atoms. The summed E-state index contributed by atoms with van der Waals surface area (Å²) in [6, 6.07) is 3.95. The number of aromatic nitrogens is 4. The second-order valence-corrected chi connectivity index (χ2v) is 5.39. The fourth-order valence-corrected chi connectivity index (χ4v) is 2.77. The molecule has 0 spiro atoms. The van der Waals surface area contributed by atoms with Crippen LogP contribution < -0.4 is 0 Å². The molecule has 0 atom stereocenters. The molecular weight excluding hydrogens is 292 g/mol. The number of carboxylic acids is 1. The second-order valence-electron chi connectivity index (χ2n) is 5.39. The van der Waals surface area contributed by atoms with Crippen LogP contribution in [-0.4, -0.2) is 30.4 Å². The monoisotopic (exact) mass is 310 g/mol. The highest BCUT2D eigenvalue weighted by molar-refractivity contribution is 5.93. The third kappa shape index (κ3) is 2.52. The topological polar surface area (TPSA) is 72.9 Å². The zero-order chi connectivity index (χ0) is 16.6. The number of carboxylic acid groups (broad SMARTS) is 1. The van der Waals surface area contributed by atoms with E-state index in [1.165, 1.54) is 0 Å². The Kier molecular flexibility index (Phi) is 3.73. The molecule has 6 nitrogen and oxygen atoms in total. The van der Waals surface area contributed by atoms with E-state index in [1.54, 1.807) is 23.2 Å². The number of fused-ring (bicyclic) bond motifs is 1. The van der Waals surface area contributed by atoms with Crippen molar-refractivity contribution in [1.82, 2.24) is 19.3 Å².